The Balaban J connectivity index is 0.000000185. The van der Waals surface area contributed by atoms with Crippen LogP contribution in [0.5, 0.6) is 0 Å². The second kappa shape index (κ2) is 18.4. The summed E-state index contributed by atoms with van der Waals surface area (Å²) >= 11 is 9.16. The molecule has 4 aromatic heterocycles. The summed E-state index contributed by atoms with van der Waals surface area (Å²) in [5.74, 6) is 2.43. The van der Waals surface area contributed by atoms with Gasteiger partial charge in [-0.15, -0.1) is 21.5 Å². The van der Waals surface area contributed by atoms with Gasteiger partial charge in [-0.1, -0.05) is 71.8 Å². The van der Waals surface area contributed by atoms with Crippen molar-refractivity contribution in [1.82, 2.24) is 34.6 Å². The Hall–Kier alpha value is -5.55. The molecule has 0 aliphatic carbocycles. The number of fused-ring (bicyclic) bond motifs is 3. The van der Waals surface area contributed by atoms with E-state index in [1.165, 1.54) is 28.2 Å². The van der Waals surface area contributed by atoms with E-state index in [4.69, 9.17) is 16.6 Å². The fourth-order valence-corrected chi connectivity index (χ4v) is 9.41. The summed E-state index contributed by atoms with van der Waals surface area (Å²) in [7, 11) is 0. The molecule has 1 saturated heterocycles. The largest absolute Gasteiger partial charge is 0.481 e. The van der Waals surface area contributed by atoms with Crippen LogP contribution in [-0.2, 0) is 4.79 Å². The van der Waals surface area contributed by atoms with E-state index < -0.39 is 12.0 Å². The van der Waals surface area contributed by atoms with Gasteiger partial charge >= 0.3 is 5.97 Å². The maximum absolute atomic E-state index is 12.7. The molecule has 0 saturated carbocycles. The quantitative estimate of drug-likeness (QED) is 0.121. The van der Waals surface area contributed by atoms with Gasteiger partial charge in [0.15, 0.2) is 11.0 Å². The topological polar surface area (TPSA) is 167 Å². The number of halogens is 1. The first-order chi connectivity index (χ1) is 28.8. The summed E-state index contributed by atoms with van der Waals surface area (Å²) in [6.45, 7) is 19.2. The fraction of sp³-hybridized carbons (Fsp3) is 0.349. The molecule has 6 heterocycles. The normalized spacial score (nSPS) is 15.0. The molecule has 60 heavy (non-hydrogen) atoms. The van der Waals surface area contributed by atoms with E-state index in [2.05, 4.69) is 78.5 Å². The third kappa shape index (κ3) is 9.41. The van der Waals surface area contributed by atoms with Crippen molar-refractivity contribution in [2.75, 3.05) is 48.3 Å². The van der Waals surface area contributed by atoms with E-state index in [1.807, 2.05) is 62.6 Å². The molecule has 312 valence electrons. The number of carbonyl (C=O) groups excluding carboxylic acids is 1. The Morgan fingerprint density at radius 2 is 1.70 bits per heavy atom. The van der Waals surface area contributed by atoms with Gasteiger partial charge in [-0.3, -0.25) is 24.0 Å². The Kier molecular flexibility index (Phi) is 13.0. The lowest BCUT2D eigenvalue weighted by Crippen LogP contribution is -2.46. The highest BCUT2D eigenvalue weighted by Gasteiger charge is 2.32. The number of aliphatic carboxylic acids is 1. The maximum atomic E-state index is 12.7. The Morgan fingerprint density at radius 1 is 0.950 bits per heavy atom. The molecule has 8 rings (SSSR count). The highest BCUT2D eigenvalue weighted by molar-refractivity contribution is 7.17. The van der Waals surface area contributed by atoms with Crippen LogP contribution in [0.3, 0.4) is 0 Å². The lowest BCUT2D eigenvalue weighted by Gasteiger charge is -2.35. The highest BCUT2D eigenvalue weighted by Crippen LogP contribution is 2.39. The van der Waals surface area contributed by atoms with Gasteiger partial charge in [-0.25, -0.2) is 15.0 Å². The van der Waals surface area contributed by atoms with Crippen molar-refractivity contribution < 1.29 is 14.7 Å². The first kappa shape index (κ1) is 42.6. The van der Waals surface area contributed by atoms with Crippen molar-refractivity contribution in [3.05, 3.63) is 115 Å². The van der Waals surface area contributed by atoms with E-state index in [1.54, 1.807) is 23.6 Å². The molecule has 0 unspecified atom stereocenters. The molecule has 1 fully saturated rings. The molecule has 14 nitrogen and oxygen atoms in total. The predicted octanol–water partition coefficient (Wildman–Crippen LogP) is 8.66. The number of hydrogen-bond acceptors (Lipinski definition) is 13. The van der Waals surface area contributed by atoms with Crippen LogP contribution in [0, 0.1) is 41.5 Å². The number of carbonyl (C=O) groups is 2. The molecule has 2 aliphatic heterocycles. The van der Waals surface area contributed by atoms with Crippen LogP contribution in [-0.4, -0.2) is 90.0 Å². The predicted molar refractivity (Wildman–Crippen MR) is 241 cm³/mol. The van der Waals surface area contributed by atoms with E-state index in [-0.39, 0.29) is 12.3 Å². The third-order valence-electron chi connectivity index (χ3n) is 10.4. The number of thiophene rings is 1. The molecule has 0 radical (unpaired) electrons. The van der Waals surface area contributed by atoms with Gasteiger partial charge in [0.1, 0.15) is 39.2 Å². The van der Waals surface area contributed by atoms with Crippen LogP contribution in [0.15, 0.2) is 59.7 Å². The van der Waals surface area contributed by atoms with E-state index >= 15 is 0 Å². The van der Waals surface area contributed by atoms with Crippen molar-refractivity contribution in [3.8, 4) is 5.00 Å². The lowest BCUT2D eigenvalue weighted by molar-refractivity contribution is -0.137. The van der Waals surface area contributed by atoms with Crippen molar-refractivity contribution in [1.29, 1.82) is 0 Å². The number of benzene rings is 2. The summed E-state index contributed by atoms with van der Waals surface area (Å²) in [5.41, 5.74) is 6.68. The monoisotopic (exact) mass is 865 g/mol. The van der Waals surface area contributed by atoms with Gasteiger partial charge in [-0.2, -0.15) is 0 Å². The molecular weight excluding hydrogens is 818 g/mol. The molecule has 6 aromatic rings. The average molecular weight is 867 g/mol. The number of aryl methyl sites for hydroxylation is 5. The number of hydrogen-bond donors (Lipinski definition) is 3. The number of carboxylic acid groups (broad SMARTS) is 1. The van der Waals surface area contributed by atoms with Crippen molar-refractivity contribution in [2.24, 2.45) is 4.99 Å². The number of carboxylic acids is 1. The first-order valence-corrected chi connectivity index (χ1v) is 21.8. The zero-order valence-corrected chi connectivity index (χ0v) is 37.1. The van der Waals surface area contributed by atoms with E-state index in [0.29, 0.717) is 38.2 Å². The van der Waals surface area contributed by atoms with Crippen LogP contribution in [0.1, 0.15) is 85.6 Å². The molecule has 1 atom stereocenters. The minimum Gasteiger partial charge on any atom is -0.481 e. The number of aliphatic imine (C=N–C) groups is 1. The molecule has 3 N–H and O–H groups in total. The Labute approximate surface area is 362 Å². The van der Waals surface area contributed by atoms with Crippen LogP contribution >= 0.6 is 34.3 Å². The van der Waals surface area contributed by atoms with Crippen molar-refractivity contribution in [3.63, 3.8) is 0 Å². The minimum atomic E-state index is -0.905. The van der Waals surface area contributed by atoms with Crippen LogP contribution < -0.4 is 15.5 Å². The Morgan fingerprint density at radius 3 is 2.40 bits per heavy atom. The first-order valence-electron chi connectivity index (χ1n) is 19.8. The number of aromatic nitrogens is 6. The smallest absolute Gasteiger partial charge is 0.306 e. The van der Waals surface area contributed by atoms with Gasteiger partial charge in [0, 0.05) is 48.2 Å². The molecule has 0 bridgehead atoms. The fourth-order valence-electron chi connectivity index (χ4n) is 7.21. The average Bonchev–Trinajstić information content (AvgIpc) is 3.90. The second-order valence-corrected chi connectivity index (χ2v) is 17.5. The summed E-state index contributed by atoms with van der Waals surface area (Å²) < 4.78 is 1.97. The SMILES string of the molecule is CCCN1CCN(c2cc(Nc3ncc(C(=O)Nc4c(C)cccc4Cl)s3)nc(C)n2)CC1.Cc1ccc(C2=N[C@@H](CC(=O)O)c3nnc(C)n3-c3sc(C)c(C)c32)cc1. The molecule has 17 heteroatoms. The van der Waals surface area contributed by atoms with Crippen LogP contribution in [0.2, 0.25) is 5.02 Å². The number of nitrogens with one attached hydrogen (secondary N) is 2. The van der Waals surface area contributed by atoms with Crippen LogP contribution in [0.25, 0.3) is 5.00 Å². The standard InChI is InChI=1S/C23H28ClN7OS.C20H20N4O2S/c1-4-8-30-9-11-31(12-10-30)20-13-19(26-16(3)27-20)28-23-25-14-18(33-23)22(32)29-21-15(2)6-5-7-17(21)24;1-10-5-7-14(8-6-10)18-17-11(2)12(3)27-20(17)24-13(4)22-23-19(24)15(21-18)9-16(25)26/h5-7,13-14H,4,8-12H2,1-3H3,(H,29,32)(H,25,26,27,28);5-8,15H,9H2,1-4H3,(H,25,26)/t;15-/m.0/s1. The molecular formula is C43H48ClN11O3S2. The van der Waals surface area contributed by atoms with Gasteiger partial charge < -0.3 is 20.6 Å². The van der Waals surface area contributed by atoms with Gasteiger partial charge in [-0.05, 0) is 71.7 Å². The number of para-hydroxylation sites is 1. The zero-order valence-electron chi connectivity index (χ0n) is 34.7. The molecule has 2 aromatic carbocycles. The number of amides is 1. The molecule has 0 spiro atoms. The van der Waals surface area contributed by atoms with E-state index in [9.17, 15) is 14.7 Å². The molecule has 2 aliphatic rings. The van der Waals surface area contributed by atoms with Crippen molar-refractivity contribution in [2.45, 2.75) is 67.3 Å². The van der Waals surface area contributed by atoms with E-state index in [0.717, 1.165) is 77.3 Å². The Bertz CT molecular complexity index is 2540. The summed E-state index contributed by atoms with van der Waals surface area (Å²) in [5, 5.41) is 26.1. The van der Waals surface area contributed by atoms with Crippen molar-refractivity contribution >= 4 is 74.3 Å². The minimum absolute atomic E-state index is 0.125. The van der Waals surface area contributed by atoms with Gasteiger partial charge in [0.2, 0.25) is 0 Å². The zero-order chi connectivity index (χ0) is 42.7. The van der Waals surface area contributed by atoms with Gasteiger partial charge in [0.25, 0.3) is 5.91 Å². The summed E-state index contributed by atoms with van der Waals surface area (Å²) in [6, 6.07) is 15.1. The summed E-state index contributed by atoms with van der Waals surface area (Å²) in [6.07, 6.45) is 2.60. The highest BCUT2D eigenvalue weighted by atomic mass is 35.5. The number of nitrogens with zero attached hydrogens (tertiary/aromatic N) is 9. The number of thiazole rings is 1. The maximum Gasteiger partial charge on any atom is 0.306 e. The second-order valence-electron chi connectivity index (χ2n) is 14.9. The number of piperazine rings is 1. The molecule has 1 amide bonds. The summed E-state index contributed by atoms with van der Waals surface area (Å²) in [4.78, 5) is 49.1. The van der Waals surface area contributed by atoms with Crippen LogP contribution in [0.4, 0.5) is 22.5 Å². The third-order valence-corrected chi connectivity index (χ3v) is 12.8. The van der Waals surface area contributed by atoms with Gasteiger partial charge in [0.05, 0.1) is 29.0 Å². The number of rotatable bonds is 10. The number of anilines is 4. The lowest BCUT2D eigenvalue weighted by atomic mass is 9.99.